The molecule has 0 radical (unpaired) electrons. The molecule has 32 heavy (non-hydrogen) atoms. The summed E-state index contributed by atoms with van der Waals surface area (Å²) >= 11 is 5.52. The van der Waals surface area contributed by atoms with Gasteiger partial charge in [0.05, 0.1) is 20.4 Å². The maximum Gasteiger partial charge on any atom is 0.417 e. The number of pyridine rings is 1. The zero-order valence-corrected chi connectivity index (χ0v) is 16.4. The first-order valence-electron chi connectivity index (χ1n) is 9.97. The molecule has 1 heterocycles. The Hall–Kier alpha value is -3.86. The molecule has 166 valence electrons. The summed E-state index contributed by atoms with van der Waals surface area (Å²) in [5.41, 5.74) is 2.67. The van der Waals surface area contributed by atoms with Crippen LogP contribution < -0.4 is 21.1 Å². The number of amides is 3. The lowest BCUT2D eigenvalue weighted by Crippen LogP contribution is -2.20. The second-order valence-electron chi connectivity index (χ2n) is 6.03. The second-order valence-corrected chi connectivity index (χ2v) is 6.44. The van der Waals surface area contributed by atoms with E-state index in [9.17, 15) is 27.2 Å². The smallest absolute Gasteiger partial charge is 0.417 e. The standard InChI is InChI=1S/C20H13ClF4N4O3/c21-14-3-1-10(7-13(14)20(23,24)25)28-19(31)29-16-4-2-11(8-15(16)22)32-12-5-6-27-17(9-12)18(26)30/h1-9H,(H2,26,30)(H2,28,29,31)/i5D,6D,9D. The van der Waals surface area contributed by atoms with E-state index >= 15 is 0 Å². The molecule has 3 rings (SSSR count). The maximum atomic E-state index is 14.5. The summed E-state index contributed by atoms with van der Waals surface area (Å²) in [5, 5.41) is 3.67. The molecule has 2 aromatic carbocycles. The van der Waals surface area contributed by atoms with Crippen molar-refractivity contribution in [3.63, 3.8) is 0 Å². The summed E-state index contributed by atoms with van der Waals surface area (Å²) < 4.78 is 81.9. The van der Waals surface area contributed by atoms with Gasteiger partial charge in [-0.1, -0.05) is 11.6 Å². The maximum absolute atomic E-state index is 14.5. The lowest BCUT2D eigenvalue weighted by molar-refractivity contribution is -0.137. The molecule has 0 fully saturated rings. The van der Waals surface area contributed by atoms with Gasteiger partial charge in [-0.15, -0.1) is 0 Å². The van der Waals surface area contributed by atoms with Crippen LogP contribution in [0.25, 0.3) is 0 Å². The predicted octanol–water partition coefficient (Wildman–Crippen LogP) is 5.43. The number of nitrogens with two attached hydrogens (primary N) is 1. The minimum Gasteiger partial charge on any atom is -0.457 e. The van der Waals surface area contributed by atoms with Crippen molar-refractivity contribution < 1.29 is 36.0 Å². The van der Waals surface area contributed by atoms with Gasteiger partial charge in [-0.25, -0.2) is 9.18 Å². The molecule has 4 N–H and O–H groups in total. The summed E-state index contributed by atoms with van der Waals surface area (Å²) in [6.07, 6.45) is -5.45. The number of halogens is 5. The molecule has 3 aromatic rings. The highest BCUT2D eigenvalue weighted by Crippen LogP contribution is 2.36. The highest BCUT2D eigenvalue weighted by molar-refractivity contribution is 6.31. The van der Waals surface area contributed by atoms with Crippen LogP contribution in [0.15, 0.2) is 54.7 Å². The molecule has 3 amide bonds. The van der Waals surface area contributed by atoms with Crippen molar-refractivity contribution in [3.8, 4) is 11.5 Å². The Morgan fingerprint density at radius 1 is 1.12 bits per heavy atom. The van der Waals surface area contributed by atoms with Crippen LogP contribution in [0.4, 0.5) is 33.7 Å². The summed E-state index contributed by atoms with van der Waals surface area (Å²) in [6.45, 7) is 0. The summed E-state index contributed by atoms with van der Waals surface area (Å²) in [7, 11) is 0. The molecule has 12 heteroatoms. The number of aromatic nitrogens is 1. The van der Waals surface area contributed by atoms with E-state index in [1.165, 1.54) is 0 Å². The fourth-order valence-electron chi connectivity index (χ4n) is 2.35. The number of hydrogen-bond acceptors (Lipinski definition) is 4. The van der Waals surface area contributed by atoms with Crippen molar-refractivity contribution in [3.05, 3.63) is 76.8 Å². The number of carbonyl (C=O) groups excluding carboxylic acids is 2. The van der Waals surface area contributed by atoms with Crippen LogP contribution in [-0.4, -0.2) is 16.9 Å². The first-order chi connectivity index (χ1) is 16.3. The predicted molar refractivity (Wildman–Crippen MR) is 108 cm³/mol. The van der Waals surface area contributed by atoms with Gasteiger partial charge in [-0.3, -0.25) is 9.78 Å². The van der Waals surface area contributed by atoms with Crippen molar-refractivity contribution in [1.82, 2.24) is 4.98 Å². The van der Waals surface area contributed by atoms with Crippen LogP contribution in [0, 0.1) is 5.82 Å². The normalized spacial score (nSPS) is 12.3. The Morgan fingerprint density at radius 3 is 2.53 bits per heavy atom. The van der Waals surface area contributed by atoms with Crippen LogP contribution in [0.2, 0.25) is 5.02 Å². The average Bonchev–Trinajstić information content (AvgIpc) is 2.76. The Kier molecular flexibility index (Phi) is 5.37. The lowest BCUT2D eigenvalue weighted by Gasteiger charge is -2.13. The number of nitrogens with one attached hydrogen (secondary N) is 2. The fourth-order valence-corrected chi connectivity index (χ4v) is 2.58. The summed E-state index contributed by atoms with van der Waals surface area (Å²) in [6, 6.07) is 3.23. The highest BCUT2D eigenvalue weighted by Gasteiger charge is 2.33. The Bertz CT molecular complexity index is 1340. The van der Waals surface area contributed by atoms with E-state index in [1.54, 1.807) is 0 Å². The number of primary amides is 1. The van der Waals surface area contributed by atoms with Gasteiger partial charge in [-0.05, 0) is 36.4 Å². The van der Waals surface area contributed by atoms with Crippen molar-refractivity contribution in [2.75, 3.05) is 10.6 Å². The molecule has 1 aromatic heterocycles. The fraction of sp³-hybridized carbons (Fsp3) is 0.0500. The van der Waals surface area contributed by atoms with Crippen molar-refractivity contribution in [2.24, 2.45) is 5.73 Å². The van der Waals surface area contributed by atoms with Gasteiger partial charge < -0.3 is 21.1 Å². The van der Waals surface area contributed by atoms with Gasteiger partial charge in [0.15, 0.2) is 0 Å². The number of rotatable bonds is 5. The van der Waals surface area contributed by atoms with Crippen LogP contribution in [-0.2, 0) is 6.18 Å². The Labute approximate surface area is 187 Å². The molecule has 0 atom stereocenters. The second kappa shape index (κ2) is 9.10. The number of nitrogens with zero attached hydrogens (tertiary/aromatic N) is 1. The molecule has 0 aliphatic rings. The van der Waals surface area contributed by atoms with Crippen molar-refractivity contribution >= 4 is 34.9 Å². The van der Waals surface area contributed by atoms with Gasteiger partial charge in [0.25, 0.3) is 5.91 Å². The van der Waals surface area contributed by atoms with Crippen molar-refractivity contribution in [1.29, 1.82) is 0 Å². The number of anilines is 2. The minimum absolute atomic E-state index is 0.250. The molecule has 0 spiro atoms. The monoisotopic (exact) mass is 471 g/mol. The zero-order chi connectivity index (χ0) is 26.1. The number of alkyl halides is 3. The molecule has 0 saturated heterocycles. The molecule has 0 saturated carbocycles. The first kappa shape index (κ1) is 18.9. The first-order valence-corrected chi connectivity index (χ1v) is 8.85. The molecule has 0 bridgehead atoms. The molecule has 0 unspecified atom stereocenters. The van der Waals surface area contributed by atoms with Crippen LogP contribution in [0.3, 0.4) is 0 Å². The van der Waals surface area contributed by atoms with Gasteiger partial charge >= 0.3 is 12.2 Å². The number of hydrogen-bond donors (Lipinski definition) is 3. The van der Waals surface area contributed by atoms with Gasteiger partial charge in [0.2, 0.25) is 0 Å². The van der Waals surface area contributed by atoms with E-state index in [0.717, 1.165) is 30.3 Å². The molecular formula is C20H13ClF4N4O3. The average molecular weight is 472 g/mol. The number of urea groups is 1. The highest BCUT2D eigenvalue weighted by atomic mass is 35.5. The molecule has 0 aliphatic carbocycles. The van der Waals surface area contributed by atoms with E-state index in [2.05, 4.69) is 15.6 Å². The van der Waals surface area contributed by atoms with Crippen molar-refractivity contribution in [2.45, 2.75) is 6.18 Å². The number of ether oxygens (including phenoxy) is 1. The summed E-state index contributed by atoms with van der Waals surface area (Å²) in [4.78, 5) is 26.9. The lowest BCUT2D eigenvalue weighted by atomic mass is 10.2. The quantitative estimate of drug-likeness (QED) is 0.431. The zero-order valence-electron chi connectivity index (χ0n) is 18.6. The minimum atomic E-state index is -4.75. The van der Waals surface area contributed by atoms with Crippen LogP contribution in [0.1, 0.15) is 20.2 Å². The molecule has 0 aliphatic heterocycles. The number of benzene rings is 2. The van der Waals surface area contributed by atoms with E-state index in [-0.39, 0.29) is 17.1 Å². The Balaban J connectivity index is 1.78. The number of carbonyl (C=O) groups is 2. The largest absolute Gasteiger partial charge is 0.457 e. The molecular weight excluding hydrogens is 456 g/mol. The van der Waals surface area contributed by atoms with Gasteiger partial charge in [0.1, 0.15) is 23.0 Å². The summed E-state index contributed by atoms with van der Waals surface area (Å²) in [5.74, 6) is -3.00. The van der Waals surface area contributed by atoms with Gasteiger partial charge in [0, 0.05) is 24.0 Å². The van der Waals surface area contributed by atoms with E-state index in [4.69, 9.17) is 26.2 Å². The Morgan fingerprint density at radius 2 is 1.88 bits per heavy atom. The molecule has 7 nitrogen and oxygen atoms in total. The SMILES string of the molecule is [2H]c1nc(C(N)=O)c([2H])c(Oc2ccc(NC(=O)Nc3ccc(Cl)c(C(F)(F)F)c3)c(F)c2)c1[2H]. The topological polar surface area (TPSA) is 106 Å². The van der Waals surface area contributed by atoms with Crippen LogP contribution in [0.5, 0.6) is 11.5 Å². The van der Waals surface area contributed by atoms with E-state index in [1.807, 2.05) is 0 Å². The van der Waals surface area contributed by atoms with E-state index in [0.29, 0.717) is 6.07 Å². The van der Waals surface area contributed by atoms with Crippen LogP contribution >= 0.6 is 11.6 Å². The third-order valence-electron chi connectivity index (χ3n) is 3.74. The van der Waals surface area contributed by atoms with E-state index < -0.39 is 64.2 Å². The third kappa shape index (κ3) is 5.64. The van der Waals surface area contributed by atoms with Gasteiger partial charge in [-0.2, -0.15) is 13.2 Å². The third-order valence-corrected chi connectivity index (χ3v) is 4.07.